The molecule has 0 radical (unpaired) electrons. The fourth-order valence-corrected chi connectivity index (χ4v) is 3.59. The summed E-state index contributed by atoms with van der Waals surface area (Å²) in [6.07, 6.45) is 3.94. The van der Waals surface area contributed by atoms with Gasteiger partial charge in [0, 0.05) is 16.6 Å². The fraction of sp³-hybridized carbons (Fsp3) is 0.625. The molecule has 3 heteroatoms. The van der Waals surface area contributed by atoms with Gasteiger partial charge in [0.1, 0.15) is 0 Å². The zero-order valence-corrected chi connectivity index (χ0v) is 13.6. The van der Waals surface area contributed by atoms with Crippen molar-refractivity contribution in [3.05, 3.63) is 34.3 Å². The summed E-state index contributed by atoms with van der Waals surface area (Å²) < 4.78 is 1.14. The molecule has 2 unspecified atom stereocenters. The number of halogens is 1. The Morgan fingerprint density at radius 2 is 2.05 bits per heavy atom. The number of hydrogen-bond donors (Lipinski definition) is 1. The molecule has 2 N–H and O–H groups in total. The van der Waals surface area contributed by atoms with Gasteiger partial charge in [0.2, 0.25) is 0 Å². The van der Waals surface area contributed by atoms with Gasteiger partial charge in [0.05, 0.1) is 0 Å². The summed E-state index contributed by atoms with van der Waals surface area (Å²) in [4.78, 5) is 2.57. The van der Waals surface area contributed by atoms with Crippen LogP contribution in [0.1, 0.15) is 44.7 Å². The van der Waals surface area contributed by atoms with Gasteiger partial charge in [-0.3, -0.25) is 4.90 Å². The number of piperidine rings is 1. The second-order valence-electron chi connectivity index (χ2n) is 5.75. The summed E-state index contributed by atoms with van der Waals surface area (Å²) >= 11 is 3.57. The van der Waals surface area contributed by atoms with Gasteiger partial charge in [0.25, 0.3) is 0 Å². The summed E-state index contributed by atoms with van der Waals surface area (Å²) in [7, 11) is 0. The van der Waals surface area contributed by atoms with Crippen LogP contribution in [0.3, 0.4) is 0 Å². The number of hydrogen-bond acceptors (Lipinski definition) is 2. The highest BCUT2D eigenvalue weighted by molar-refractivity contribution is 9.10. The van der Waals surface area contributed by atoms with E-state index >= 15 is 0 Å². The molecule has 2 rings (SSSR count). The van der Waals surface area contributed by atoms with Crippen molar-refractivity contribution in [1.29, 1.82) is 0 Å². The molecule has 1 aromatic carbocycles. The lowest BCUT2D eigenvalue weighted by Gasteiger charge is -2.39. The van der Waals surface area contributed by atoms with Crippen LogP contribution in [0.15, 0.2) is 28.7 Å². The lowest BCUT2D eigenvalue weighted by molar-refractivity contribution is 0.117. The lowest BCUT2D eigenvalue weighted by atomic mass is 9.91. The van der Waals surface area contributed by atoms with Crippen molar-refractivity contribution in [2.45, 2.75) is 45.2 Å². The first-order valence-electron chi connectivity index (χ1n) is 7.37. The molecule has 1 aliphatic heterocycles. The highest BCUT2D eigenvalue weighted by atomic mass is 79.9. The molecule has 0 aromatic heterocycles. The first-order valence-corrected chi connectivity index (χ1v) is 8.16. The minimum absolute atomic E-state index is 0.160. The van der Waals surface area contributed by atoms with Crippen molar-refractivity contribution in [1.82, 2.24) is 4.90 Å². The number of likely N-dealkylation sites (tertiary alicyclic amines) is 1. The van der Waals surface area contributed by atoms with Gasteiger partial charge in [0.15, 0.2) is 0 Å². The predicted octanol–water partition coefficient (Wildman–Crippen LogP) is 3.96. The molecular formula is C16H25BrN2. The average molecular weight is 325 g/mol. The summed E-state index contributed by atoms with van der Waals surface area (Å²) in [5.41, 5.74) is 7.59. The minimum atomic E-state index is 0.160. The van der Waals surface area contributed by atoms with E-state index in [4.69, 9.17) is 5.73 Å². The van der Waals surface area contributed by atoms with E-state index in [1.54, 1.807) is 0 Å². The smallest absolute Gasteiger partial charge is 0.0496 e. The number of benzene rings is 1. The molecule has 1 aromatic rings. The largest absolute Gasteiger partial charge is 0.326 e. The summed E-state index contributed by atoms with van der Waals surface area (Å²) in [5.74, 6) is 0.910. The Bertz CT molecular complexity index is 397. The molecule has 0 aliphatic carbocycles. The fourth-order valence-electron chi connectivity index (χ4n) is 3.18. The third-order valence-electron chi connectivity index (χ3n) is 4.31. The van der Waals surface area contributed by atoms with E-state index in [1.807, 2.05) is 0 Å². The van der Waals surface area contributed by atoms with Crippen LogP contribution in [0, 0.1) is 5.92 Å². The highest BCUT2D eigenvalue weighted by Crippen LogP contribution is 2.30. The molecule has 19 heavy (non-hydrogen) atoms. The third-order valence-corrected chi connectivity index (χ3v) is 4.80. The molecule has 1 saturated heterocycles. The van der Waals surface area contributed by atoms with Crippen molar-refractivity contribution < 1.29 is 0 Å². The molecule has 0 bridgehead atoms. The Kier molecular flexibility index (Phi) is 5.43. The minimum Gasteiger partial charge on any atom is -0.326 e. The molecule has 0 spiro atoms. The van der Waals surface area contributed by atoms with Crippen LogP contribution in [-0.4, -0.2) is 24.0 Å². The third kappa shape index (κ3) is 3.80. The number of rotatable bonds is 4. The summed E-state index contributed by atoms with van der Waals surface area (Å²) in [6, 6.07) is 9.09. The van der Waals surface area contributed by atoms with Gasteiger partial charge in [-0.25, -0.2) is 0 Å². The van der Waals surface area contributed by atoms with Crippen LogP contribution in [-0.2, 0) is 0 Å². The second-order valence-corrected chi connectivity index (χ2v) is 6.66. The van der Waals surface area contributed by atoms with E-state index in [1.165, 1.54) is 37.9 Å². The highest BCUT2D eigenvalue weighted by Gasteiger charge is 2.27. The molecule has 1 heterocycles. The standard InChI is InChI=1S/C16H25BrN2/c1-3-13-7-9-19(10-8-13)16(12(2)18)14-5-4-6-15(17)11-14/h4-6,11-13,16H,3,7-10,18H2,1-2H3. The zero-order valence-electron chi connectivity index (χ0n) is 12.0. The first-order chi connectivity index (χ1) is 9.11. The van der Waals surface area contributed by atoms with E-state index in [-0.39, 0.29) is 6.04 Å². The molecule has 0 saturated carbocycles. The number of nitrogens with two attached hydrogens (primary N) is 1. The van der Waals surface area contributed by atoms with Gasteiger partial charge < -0.3 is 5.73 Å². The molecular weight excluding hydrogens is 300 g/mol. The van der Waals surface area contributed by atoms with Gasteiger partial charge in [-0.05, 0) is 56.5 Å². The monoisotopic (exact) mass is 324 g/mol. The summed E-state index contributed by atoms with van der Waals surface area (Å²) in [5, 5.41) is 0. The topological polar surface area (TPSA) is 29.3 Å². The maximum atomic E-state index is 6.26. The Morgan fingerprint density at radius 3 is 2.58 bits per heavy atom. The average Bonchev–Trinajstić information content (AvgIpc) is 2.39. The van der Waals surface area contributed by atoms with Crippen LogP contribution in [0.5, 0.6) is 0 Å². The quantitative estimate of drug-likeness (QED) is 0.908. The Labute approximate surface area is 125 Å². The Morgan fingerprint density at radius 1 is 1.37 bits per heavy atom. The van der Waals surface area contributed by atoms with Gasteiger partial charge in [-0.15, -0.1) is 0 Å². The van der Waals surface area contributed by atoms with Crippen LogP contribution >= 0.6 is 15.9 Å². The van der Waals surface area contributed by atoms with Gasteiger partial charge in [-0.2, -0.15) is 0 Å². The molecule has 106 valence electrons. The zero-order chi connectivity index (χ0) is 13.8. The molecule has 1 aliphatic rings. The Balaban J connectivity index is 2.13. The molecule has 2 atom stereocenters. The van der Waals surface area contributed by atoms with Crippen LogP contribution in [0.2, 0.25) is 0 Å². The molecule has 1 fully saturated rings. The lowest BCUT2D eigenvalue weighted by Crippen LogP contribution is -2.43. The van der Waals surface area contributed by atoms with Crippen molar-refractivity contribution in [2.24, 2.45) is 11.7 Å². The number of nitrogens with zero attached hydrogens (tertiary/aromatic N) is 1. The predicted molar refractivity (Wildman–Crippen MR) is 85.1 cm³/mol. The maximum absolute atomic E-state index is 6.26. The van der Waals surface area contributed by atoms with Gasteiger partial charge in [-0.1, -0.05) is 41.4 Å². The van der Waals surface area contributed by atoms with E-state index in [0.717, 1.165) is 10.4 Å². The maximum Gasteiger partial charge on any atom is 0.0496 e. The van der Waals surface area contributed by atoms with Crippen molar-refractivity contribution >= 4 is 15.9 Å². The van der Waals surface area contributed by atoms with Crippen LogP contribution < -0.4 is 5.73 Å². The Hall–Kier alpha value is -0.380. The van der Waals surface area contributed by atoms with E-state index in [0.29, 0.717) is 6.04 Å². The van der Waals surface area contributed by atoms with Gasteiger partial charge >= 0.3 is 0 Å². The first kappa shape index (κ1) is 15.0. The summed E-state index contributed by atoms with van der Waals surface area (Å²) in [6.45, 7) is 6.78. The molecule has 0 amide bonds. The SMILES string of the molecule is CCC1CCN(C(c2cccc(Br)c2)C(C)N)CC1. The van der Waals surface area contributed by atoms with E-state index in [9.17, 15) is 0 Å². The van der Waals surface area contributed by atoms with E-state index in [2.05, 4.69) is 58.9 Å². The van der Waals surface area contributed by atoms with Crippen molar-refractivity contribution in [3.8, 4) is 0 Å². The van der Waals surface area contributed by atoms with Crippen molar-refractivity contribution in [3.63, 3.8) is 0 Å². The molecule has 2 nitrogen and oxygen atoms in total. The van der Waals surface area contributed by atoms with E-state index < -0.39 is 0 Å². The normalized spacial score (nSPS) is 21.3. The van der Waals surface area contributed by atoms with Crippen LogP contribution in [0.25, 0.3) is 0 Å². The second kappa shape index (κ2) is 6.87. The van der Waals surface area contributed by atoms with Crippen LogP contribution in [0.4, 0.5) is 0 Å². The van der Waals surface area contributed by atoms with Crippen molar-refractivity contribution in [2.75, 3.05) is 13.1 Å².